The summed E-state index contributed by atoms with van der Waals surface area (Å²) < 4.78 is 0. The van der Waals surface area contributed by atoms with Gasteiger partial charge in [-0.05, 0) is 12.5 Å². The number of aliphatic hydroxyl groups excluding tert-OH is 1. The second-order valence-corrected chi connectivity index (χ2v) is 4.27. The number of benzene rings is 1. The summed E-state index contributed by atoms with van der Waals surface area (Å²) in [5.74, 6) is 0. The monoisotopic (exact) mass is 246 g/mol. The van der Waals surface area contributed by atoms with Crippen molar-refractivity contribution >= 4 is 5.69 Å². The van der Waals surface area contributed by atoms with Crippen molar-refractivity contribution in [2.45, 2.75) is 12.5 Å². The maximum atomic E-state index is 10.1. The molecule has 3 nitrogen and oxygen atoms in total. The molecule has 0 spiro atoms. The van der Waals surface area contributed by atoms with Crippen molar-refractivity contribution in [2.75, 3.05) is 25.4 Å². The third-order valence-corrected chi connectivity index (χ3v) is 2.85. The topological polar surface area (TPSA) is 49.5 Å². The number of aliphatic hydroxyl groups is 1. The largest absolute Gasteiger partial charge is 0.398 e. The summed E-state index contributed by atoms with van der Waals surface area (Å²) in [4.78, 5) is 2.17. The van der Waals surface area contributed by atoms with Gasteiger partial charge in [0.2, 0.25) is 0 Å². The van der Waals surface area contributed by atoms with Crippen LogP contribution in [0.2, 0.25) is 0 Å². The van der Waals surface area contributed by atoms with Crippen molar-refractivity contribution in [3.63, 3.8) is 0 Å². The minimum atomic E-state index is -0.525. The Balaban J connectivity index is 2.54. The first kappa shape index (κ1) is 14.5. The first-order valence-electron chi connectivity index (χ1n) is 6.15. The van der Waals surface area contributed by atoms with Crippen molar-refractivity contribution < 1.29 is 5.11 Å². The van der Waals surface area contributed by atoms with Gasteiger partial charge in [-0.15, -0.1) is 13.2 Å². The molecule has 0 saturated carbocycles. The van der Waals surface area contributed by atoms with Gasteiger partial charge in [0.05, 0.1) is 6.10 Å². The van der Waals surface area contributed by atoms with Crippen molar-refractivity contribution in [3.8, 4) is 0 Å². The van der Waals surface area contributed by atoms with Gasteiger partial charge in [0, 0.05) is 30.9 Å². The molecule has 1 aromatic carbocycles. The van der Waals surface area contributed by atoms with Gasteiger partial charge in [0.1, 0.15) is 0 Å². The minimum absolute atomic E-state index is 0.525. The van der Waals surface area contributed by atoms with Crippen LogP contribution >= 0.6 is 0 Å². The van der Waals surface area contributed by atoms with Crippen molar-refractivity contribution in [2.24, 2.45) is 0 Å². The summed E-state index contributed by atoms with van der Waals surface area (Å²) in [7, 11) is 0. The van der Waals surface area contributed by atoms with E-state index in [1.165, 1.54) is 0 Å². The van der Waals surface area contributed by atoms with Crippen LogP contribution < -0.4 is 5.73 Å². The summed E-state index contributed by atoms with van der Waals surface area (Å²) in [6.45, 7) is 9.82. The molecule has 0 bridgehead atoms. The molecule has 0 aliphatic rings. The molecule has 0 radical (unpaired) electrons. The Morgan fingerprint density at radius 1 is 1.22 bits per heavy atom. The normalized spacial score (nSPS) is 12.3. The highest BCUT2D eigenvalue weighted by Crippen LogP contribution is 2.22. The molecule has 0 fully saturated rings. The molecular formula is C15H22N2O. The van der Waals surface area contributed by atoms with Crippen LogP contribution in [0.5, 0.6) is 0 Å². The number of anilines is 1. The third kappa shape index (κ3) is 4.35. The van der Waals surface area contributed by atoms with E-state index in [2.05, 4.69) is 18.1 Å². The van der Waals surface area contributed by atoms with Gasteiger partial charge in [-0.3, -0.25) is 4.90 Å². The molecule has 3 heteroatoms. The lowest BCUT2D eigenvalue weighted by Crippen LogP contribution is -2.26. The average Bonchev–Trinajstić information content (AvgIpc) is 2.36. The van der Waals surface area contributed by atoms with E-state index in [1.807, 2.05) is 36.4 Å². The van der Waals surface area contributed by atoms with Crippen LogP contribution in [0.15, 0.2) is 49.6 Å². The van der Waals surface area contributed by atoms with E-state index in [9.17, 15) is 5.11 Å². The molecule has 18 heavy (non-hydrogen) atoms. The highest BCUT2D eigenvalue weighted by molar-refractivity contribution is 5.47. The molecule has 1 unspecified atom stereocenters. The molecule has 1 rings (SSSR count). The van der Waals surface area contributed by atoms with Crippen LogP contribution in [-0.4, -0.2) is 29.6 Å². The van der Waals surface area contributed by atoms with Crippen LogP contribution in [0.4, 0.5) is 5.69 Å². The van der Waals surface area contributed by atoms with Gasteiger partial charge in [-0.25, -0.2) is 0 Å². The van der Waals surface area contributed by atoms with Gasteiger partial charge in [0.25, 0.3) is 0 Å². The van der Waals surface area contributed by atoms with Crippen LogP contribution in [0, 0.1) is 0 Å². The SMILES string of the molecule is C=CCN(CC=C)CCC(O)c1ccccc1N. The van der Waals surface area contributed by atoms with E-state index in [0.29, 0.717) is 12.1 Å². The molecule has 0 aliphatic carbocycles. The van der Waals surface area contributed by atoms with E-state index in [4.69, 9.17) is 5.73 Å². The fourth-order valence-corrected chi connectivity index (χ4v) is 1.90. The quantitative estimate of drug-likeness (QED) is 0.547. The van der Waals surface area contributed by atoms with Gasteiger partial charge in [-0.2, -0.15) is 0 Å². The first-order chi connectivity index (χ1) is 8.69. The third-order valence-electron chi connectivity index (χ3n) is 2.85. The van der Waals surface area contributed by atoms with Crippen LogP contribution in [0.25, 0.3) is 0 Å². The maximum Gasteiger partial charge on any atom is 0.0822 e. The number of hydrogen-bond donors (Lipinski definition) is 2. The van der Waals surface area contributed by atoms with E-state index in [0.717, 1.165) is 25.2 Å². The maximum absolute atomic E-state index is 10.1. The number of rotatable bonds is 8. The fraction of sp³-hybridized carbons (Fsp3) is 0.333. The highest BCUT2D eigenvalue weighted by atomic mass is 16.3. The molecule has 1 atom stereocenters. The van der Waals surface area contributed by atoms with Gasteiger partial charge >= 0.3 is 0 Å². The Labute approximate surface area is 109 Å². The van der Waals surface area contributed by atoms with Crippen molar-refractivity contribution in [1.29, 1.82) is 0 Å². The van der Waals surface area contributed by atoms with E-state index in [-0.39, 0.29) is 0 Å². The first-order valence-corrected chi connectivity index (χ1v) is 6.15. The van der Waals surface area contributed by atoms with Crippen LogP contribution in [-0.2, 0) is 0 Å². The highest BCUT2D eigenvalue weighted by Gasteiger charge is 2.11. The van der Waals surface area contributed by atoms with E-state index >= 15 is 0 Å². The number of nitrogens with zero attached hydrogens (tertiary/aromatic N) is 1. The lowest BCUT2D eigenvalue weighted by molar-refractivity contribution is 0.149. The molecule has 0 amide bonds. The zero-order chi connectivity index (χ0) is 13.4. The second kappa shape index (κ2) is 7.69. The summed E-state index contributed by atoms with van der Waals surface area (Å²) >= 11 is 0. The summed E-state index contributed by atoms with van der Waals surface area (Å²) in [5, 5.41) is 10.1. The number of nitrogens with two attached hydrogens (primary N) is 1. The van der Waals surface area contributed by atoms with E-state index in [1.54, 1.807) is 0 Å². The molecule has 1 aromatic rings. The van der Waals surface area contributed by atoms with Gasteiger partial charge < -0.3 is 10.8 Å². The lowest BCUT2D eigenvalue weighted by atomic mass is 10.0. The number of nitrogen functional groups attached to an aromatic ring is 1. The zero-order valence-corrected chi connectivity index (χ0v) is 10.8. The second-order valence-electron chi connectivity index (χ2n) is 4.27. The molecule has 0 aliphatic heterocycles. The Morgan fingerprint density at radius 2 is 1.83 bits per heavy atom. The summed E-state index contributed by atoms with van der Waals surface area (Å²) in [6, 6.07) is 7.43. The molecule has 0 aromatic heterocycles. The van der Waals surface area contributed by atoms with Crippen LogP contribution in [0.1, 0.15) is 18.1 Å². The molecule has 0 saturated heterocycles. The average molecular weight is 246 g/mol. The Hall–Kier alpha value is -1.58. The Kier molecular flexibility index (Phi) is 6.19. The minimum Gasteiger partial charge on any atom is -0.398 e. The predicted molar refractivity (Wildman–Crippen MR) is 77.3 cm³/mol. The van der Waals surface area contributed by atoms with Crippen molar-refractivity contribution in [1.82, 2.24) is 4.90 Å². The van der Waals surface area contributed by atoms with Crippen LogP contribution in [0.3, 0.4) is 0 Å². The van der Waals surface area contributed by atoms with Gasteiger partial charge in [-0.1, -0.05) is 30.4 Å². The smallest absolute Gasteiger partial charge is 0.0822 e. The number of hydrogen-bond acceptors (Lipinski definition) is 3. The summed E-state index contributed by atoms with van der Waals surface area (Å²) in [5.41, 5.74) is 7.28. The number of para-hydroxylation sites is 1. The molecule has 0 heterocycles. The standard InChI is InChI=1S/C15H22N2O/c1-3-10-17(11-4-2)12-9-15(18)13-7-5-6-8-14(13)16/h3-8,15,18H,1-2,9-12,16H2. The van der Waals surface area contributed by atoms with E-state index < -0.39 is 6.10 Å². The van der Waals surface area contributed by atoms with Gasteiger partial charge in [0.15, 0.2) is 0 Å². The Morgan fingerprint density at radius 3 is 2.39 bits per heavy atom. The predicted octanol–water partition coefficient (Wildman–Crippen LogP) is 2.37. The molecular weight excluding hydrogens is 224 g/mol. The lowest BCUT2D eigenvalue weighted by Gasteiger charge is -2.21. The van der Waals surface area contributed by atoms with Crippen molar-refractivity contribution in [3.05, 3.63) is 55.1 Å². The fourth-order valence-electron chi connectivity index (χ4n) is 1.90. The molecule has 98 valence electrons. The Bertz CT molecular complexity index is 380. The molecule has 3 N–H and O–H groups in total. The summed E-state index contributed by atoms with van der Waals surface area (Å²) in [6.07, 6.45) is 3.83. The zero-order valence-electron chi connectivity index (χ0n) is 10.8.